The highest BCUT2D eigenvalue weighted by molar-refractivity contribution is 7.07. The van der Waals surface area contributed by atoms with Crippen molar-refractivity contribution < 1.29 is 27.5 Å². The molecule has 2 aromatic carbocycles. The SMILES string of the molecule is C=CC(=O)N1CCC(c2snc3c(F)c(-c4c(O)cccc4F)c(Cl)cc23)C(C(F)F)C1. The molecule has 0 radical (unpaired) electrons. The van der Waals surface area contributed by atoms with E-state index in [9.17, 15) is 23.1 Å². The zero-order chi connectivity index (χ0) is 23.2. The van der Waals surface area contributed by atoms with Crippen molar-refractivity contribution in [1.29, 1.82) is 0 Å². The van der Waals surface area contributed by atoms with Gasteiger partial charge in [0.05, 0.1) is 10.6 Å². The van der Waals surface area contributed by atoms with Crippen molar-refractivity contribution in [2.24, 2.45) is 5.92 Å². The standard InChI is InChI=1S/C22H17ClF4N2O2S/c1-2-16(31)29-7-6-10(12(9-29)22(26)27)21-11-8-13(23)17(19(25)20(11)28-32-21)18-14(24)4-3-5-15(18)30/h2-5,8,10,12,22,30H,1,6-7,9H2. The summed E-state index contributed by atoms with van der Waals surface area (Å²) >= 11 is 7.16. The molecule has 1 N–H and O–H groups in total. The van der Waals surface area contributed by atoms with Gasteiger partial charge in [-0.15, -0.1) is 0 Å². The predicted molar refractivity (Wildman–Crippen MR) is 115 cm³/mol. The zero-order valence-electron chi connectivity index (χ0n) is 16.5. The molecule has 2 atom stereocenters. The van der Waals surface area contributed by atoms with Gasteiger partial charge in [0, 0.05) is 40.8 Å². The Labute approximate surface area is 189 Å². The molecule has 168 valence electrons. The van der Waals surface area contributed by atoms with Crippen LogP contribution in [0.4, 0.5) is 17.6 Å². The summed E-state index contributed by atoms with van der Waals surface area (Å²) in [6.07, 6.45) is -1.40. The number of piperidine rings is 1. The van der Waals surface area contributed by atoms with Gasteiger partial charge in [-0.2, -0.15) is 4.37 Å². The summed E-state index contributed by atoms with van der Waals surface area (Å²) in [5.74, 6) is -4.55. The molecule has 32 heavy (non-hydrogen) atoms. The minimum Gasteiger partial charge on any atom is -0.507 e. The van der Waals surface area contributed by atoms with Crippen LogP contribution < -0.4 is 0 Å². The van der Waals surface area contributed by atoms with Crippen molar-refractivity contribution >= 4 is 39.9 Å². The number of benzene rings is 2. The lowest BCUT2D eigenvalue weighted by Gasteiger charge is -2.37. The third-order valence-corrected chi connectivity index (χ3v) is 7.03. The Morgan fingerprint density at radius 1 is 1.34 bits per heavy atom. The molecule has 1 aromatic heterocycles. The Morgan fingerprint density at radius 3 is 2.75 bits per heavy atom. The van der Waals surface area contributed by atoms with Crippen molar-refractivity contribution in [2.75, 3.05) is 13.1 Å². The highest BCUT2D eigenvalue weighted by Gasteiger charge is 2.39. The Balaban J connectivity index is 1.81. The van der Waals surface area contributed by atoms with E-state index < -0.39 is 47.1 Å². The van der Waals surface area contributed by atoms with Gasteiger partial charge < -0.3 is 10.0 Å². The van der Waals surface area contributed by atoms with Crippen molar-refractivity contribution in [3.8, 4) is 16.9 Å². The van der Waals surface area contributed by atoms with E-state index in [-0.39, 0.29) is 41.0 Å². The molecule has 4 rings (SSSR count). The van der Waals surface area contributed by atoms with Crippen molar-refractivity contribution in [3.63, 3.8) is 0 Å². The Kier molecular flexibility index (Phi) is 6.13. The van der Waals surface area contributed by atoms with E-state index in [1.54, 1.807) is 0 Å². The molecule has 0 saturated carbocycles. The number of rotatable bonds is 4. The number of halogens is 5. The van der Waals surface area contributed by atoms with Crippen LogP contribution in [0.1, 0.15) is 17.2 Å². The van der Waals surface area contributed by atoms with Crippen LogP contribution in [-0.4, -0.2) is 39.8 Å². The highest BCUT2D eigenvalue weighted by Crippen LogP contribution is 2.46. The second kappa shape index (κ2) is 8.71. The van der Waals surface area contributed by atoms with E-state index in [0.717, 1.165) is 23.7 Å². The Hall–Kier alpha value is -2.65. The van der Waals surface area contributed by atoms with E-state index >= 15 is 4.39 Å². The van der Waals surface area contributed by atoms with Gasteiger partial charge in [-0.3, -0.25) is 4.79 Å². The van der Waals surface area contributed by atoms with Crippen LogP contribution in [0.25, 0.3) is 22.0 Å². The van der Waals surface area contributed by atoms with E-state index in [1.165, 1.54) is 23.1 Å². The average molecular weight is 485 g/mol. The first-order valence-corrected chi connectivity index (χ1v) is 10.8. The maximum Gasteiger partial charge on any atom is 0.245 e. The molecule has 1 saturated heterocycles. The van der Waals surface area contributed by atoms with Crippen LogP contribution in [0.15, 0.2) is 36.9 Å². The third kappa shape index (κ3) is 3.73. The topological polar surface area (TPSA) is 53.4 Å². The minimum atomic E-state index is -2.72. The first-order chi connectivity index (χ1) is 15.2. The van der Waals surface area contributed by atoms with E-state index in [2.05, 4.69) is 11.0 Å². The van der Waals surface area contributed by atoms with Gasteiger partial charge in [0.1, 0.15) is 17.1 Å². The molecule has 2 heterocycles. The van der Waals surface area contributed by atoms with Gasteiger partial charge in [0.25, 0.3) is 0 Å². The first kappa shape index (κ1) is 22.5. The van der Waals surface area contributed by atoms with Crippen LogP contribution in [0.2, 0.25) is 5.02 Å². The molecule has 1 aliphatic rings. The van der Waals surface area contributed by atoms with Gasteiger partial charge in [0.15, 0.2) is 5.82 Å². The highest BCUT2D eigenvalue weighted by atomic mass is 35.5. The smallest absolute Gasteiger partial charge is 0.245 e. The lowest BCUT2D eigenvalue weighted by atomic mass is 9.83. The molecule has 1 aliphatic heterocycles. The van der Waals surface area contributed by atoms with Gasteiger partial charge in [-0.25, -0.2) is 17.6 Å². The fraction of sp³-hybridized carbons (Fsp3) is 0.273. The van der Waals surface area contributed by atoms with Gasteiger partial charge in [-0.1, -0.05) is 24.2 Å². The monoisotopic (exact) mass is 484 g/mol. The summed E-state index contributed by atoms with van der Waals surface area (Å²) < 4.78 is 61.6. The summed E-state index contributed by atoms with van der Waals surface area (Å²) in [5.41, 5.74) is -0.874. The van der Waals surface area contributed by atoms with Crippen LogP contribution in [0.5, 0.6) is 5.75 Å². The maximum atomic E-state index is 15.4. The Morgan fingerprint density at radius 2 is 2.09 bits per heavy atom. The molecule has 2 unspecified atom stereocenters. The quantitative estimate of drug-likeness (QED) is 0.366. The van der Waals surface area contributed by atoms with E-state index in [1.807, 2.05) is 0 Å². The van der Waals surface area contributed by atoms with Gasteiger partial charge >= 0.3 is 0 Å². The second-order valence-electron chi connectivity index (χ2n) is 7.51. The number of amides is 1. The van der Waals surface area contributed by atoms with Crippen LogP contribution >= 0.6 is 23.1 Å². The summed E-state index contributed by atoms with van der Waals surface area (Å²) in [7, 11) is 0. The van der Waals surface area contributed by atoms with E-state index in [0.29, 0.717) is 4.88 Å². The molecule has 4 nitrogen and oxygen atoms in total. The molecular formula is C22H17ClF4N2O2S. The third-order valence-electron chi connectivity index (χ3n) is 5.74. The lowest BCUT2D eigenvalue weighted by Crippen LogP contribution is -2.44. The number of alkyl halides is 2. The average Bonchev–Trinajstić information content (AvgIpc) is 3.18. The fourth-order valence-corrected chi connectivity index (χ4v) is 5.52. The summed E-state index contributed by atoms with van der Waals surface area (Å²) in [4.78, 5) is 13.6. The number of fused-ring (bicyclic) bond motifs is 1. The van der Waals surface area contributed by atoms with Crippen molar-refractivity contribution in [1.82, 2.24) is 9.27 Å². The maximum absolute atomic E-state index is 15.4. The number of carbonyl (C=O) groups is 1. The summed E-state index contributed by atoms with van der Waals surface area (Å²) in [6, 6.07) is 4.90. The van der Waals surface area contributed by atoms with Crippen molar-refractivity contribution in [3.05, 3.63) is 58.5 Å². The lowest BCUT2D eigenvalue weighted by molar-refractivity contribution is -0.129. The summed E-state index contributed by atoms with van der Waals surface area (Å²) in [6.45, 7) is 3.48. The molecule has 1 fully saturated rings. The zero-order valence-corrected chi connectivity index (χ0v) is 18.1. The first-order valence-electron chi connectivity index (χ1n) is 9.69. The number of phenolic OH excluding ortho intramolecular Hbond substituents is 1. The molecule has 0 aliphatic carbocycles. The molecule has 0 bridgehead atoms. The number of likely N-dealkylation sites (tertiary alicyclic amines) is 1. The predicted octanol–water partition coefficient (Wildman–Crippen LogP) is 5.98. The van der Waals surface area contributed by atoms with Crippen LogP contribution in [0, 0.1) is 17.6 Å². The van der Waals surface area contributed by atoms with Crippen molar-refractivity contribution in [2.45, 2.75) is 18.8 Å². The number of aromatic hydroxyl groups is 1. The number of aromatic nitrogens is 1. The fourth-order valence-electron chi connectivity index (χ4n) is 4.18. The number of phenols is 1. The van der Waals surface area contributed by atoms with Gasteiger partial charge in [-0.05, 0) is 42.2 Å². The number of hydrogen-bond donors (Lipinski definition) is 1. The van der Waals surface area contributed by atoms with E-state index in [4.69, 9.17) is 11.6 Å². The van der Waals surface area contributed by atoms with Gasteiger partial charge in [0.2, 0.25) is 12.3 Å². The molecule has 10 heteroatoms. The molecule has 3 aromatic rings. The normalized spacial score (nSPS) is 19.0. The number of hydrogen-bond acceptors (Lipinski definition) is 4. The molecular weight excluding hydrogens is 468 g/mol. The minimum absolute atomic E-state index is 0.135. The molecule has 0 spiro atoms. The second-order valence-corrected chi connectivity index (χ2v) is 8.72. The van der Waals surface area contributed by atoms with Crippen LogP contribution in [0.3, 0.4) is 0 Å². The Bertz CT molecular complexity index is 1200. The van der Waals surface area contributed by atoms with Crippen LogP contribution in [-0.2, 0) is 4.79 Å². The summed E-state index contributed by atoms with van der Waals surface area (Å²) in [5, 5.41) is 10.1. The number of nitrogens with zero attached hydrogens (tertiary/aromatic N) is 2. The molecule has 1 amide bonds. The number of carbonyl (C=O) groups excluding carboxylic acids is 1. The largest absolute Gasteiger partial charge is 0.507 e.